The van der Waals surface area contributed by atoms with Crippen molar-refractivity contribution in [3.8, 4) is 5.75 Å². The van der Waals surface area contributed by atoms with Crippen LogP contribution in [0.15, 0.2) is 48.5 Å². The van der Waals surface area contributed by atoms with Crippen LogP contribution in [0.4, 0.5) is 0 Å². The zero-order valence-corrected chi connectivity index (χ0v) is 16.8. The number of amides is 3. The lowest BCUT2D eigenvalue weighted by Gasteiger charge is -2.14. The molecule has 0 bridgehead atoms. The highest BCUT2D eigenvalue weighted by Gasteiger charge is 2.28. The third kappa shape index (κ3) is 5.67. The van der Waals surface area contributed by atoms with Gasteiger partial charge < -0.3 is 10.1 Å². The predicted molar refractivity (Wildman–Crippen MR) is 109 cm³/mol. The minimum atomic E-state index is -0.148. The third-order valence-corrected chi connectivity index (χ3v) is 4.71. The summed E-state index contributed by atoms with van der Waals surface area (Å²) in [6.45, 7) is 4.76. The van der Waals surface area contributed by atoms with E-state index in [9.17, 15) is 14.4 Å². The largest absolute Gasteiger partial charge is 0.491 e. The van der Waals surface area contributed by atoms with Crippen LogP contribution in [0.25, 0.3) is 0 Å². The van der Waals surface area contributed by atoms with Crippen LogP contribution in [-0.4, -0.2) is 35.3 Å². The first kappa shape index (κ1) is 20.6. The van der Waals surface area contributed by atoms with E-state index >= 15 is 0 Å². The number of carbonyl (C=O) groups is 3. The van der Waals surface area contributed by atoms with Crippen molar-refractivity contribution in [2.75, 3.05) is 6.54 Å². The molecule has 0 aliphatic carbocycles. The SMILES string of the molecule is CC(C)Oc1ccc(CCNC(=O)c2ccc(CN3C(=O)CCC3=O)cc2)cc1. The first-order valence-corrected chi connectivity index (χ1v) is 9.88. The van der Waals surface area contributed by atoms with Gasteiger partial charge in [-0.1, -0.05) is 24.3 Å². The quantitative estimate of drug-likeness (QED) is 0.698. The van der Waals surface area contributed by atoms with Crippen LogP contribution in [0, 0.1) is 0 Å². The fraction of sp³-hybridized carbons (Fsp3) is 0.348. The highest BCUT2D eigenvalue weighted by molar-refractivity contribution is 6.01. The van der Waals surface area contributed by atoms with Gasteiger partial charge in [0.1, 0.15) is 5.75 Å². The fourth-order valence-corrected chi connectivity index (χ4v) is 3.17. The Bertz CT molecular complexity index is 857. The van der Waals surface area contributed by atoms with Crippen LogP contribution < -0.4 is 10.1 Å². The molecule has 152 valence electrons. The van der Waals surface area contributed by atoms with Crippen molar-refractivity contribution < 1.29 is 19.1 Å². The highest BCUT2D eigenvalue weighted by Crippen LogP contribution is 2.16. The van der Waals surface area contributed by atoms with Crippen molar-refractivity contribution in [2.24, 2.45) is 0 Å². The van der Waals surface area contributed by atoms with E-state index in [2.05, 4.69) is 5.32 Å². The molecule has 1 aliphatic heterocycles. The second kappa shape index (κ2) is 9.37. The molecule has 0 unspecified atom stereocenters. The molecule has 3 rings (SSSR count). The number of nitrogens with one attached hydrogen (secondary N) is 1. The summed E-state index contributed by atoms with van der Waals surface area (Å²) in [5.74, 6) is 0.413. The normalized spacial score (nSPS) is 13.8. The average molecular weight is 394 g/mol. The van der Waals surface area contributed by atoms with Gasteiger partial charge in [-0.25, -0.2) is 0 Å². The summed E-state index contributed by atoms with van der Waals surface area (Å²) in [6, 6.07) is 14.9. The maximum absolute atomic E-state index is 12.3. The van der Waals surface area contributed by atoms with Crippen molar-refractivity contribution in [3.05, 3.63) is 65.2 Å². The van der Waals surface area contributed by atoms with Gasteiger partial charge in [0.15, 0.2) is 0 Å². The van der Waals surface area contributed by atoms with Gasteiger partial charge in [0.05, 0.1) is 12.6 Å². The number of ether oxygens (including phenoxy) is 1. The lowest BCUT2D eigenvalue weighted by molar-refractivity contribution is -0.139. The number of nitrogens with zero attached hydrogens (tertiary/aromatic N) is 1. The molecule has 3 amide bonds. The number of imide groups is 1. The maximum atomic E-state index is 12.3. The molecular formula is C23H26N2O4. The summed E-state index contributed by atoms with van der Waals surface area (Å²) in [5, 5.41) is 2.91. The van der Waals surface area contributed by atoms with Crippen LogP contribution in [0.3, 0.4) is 0 Å². The predicted octanol–water partition coefficient (Wildman–Crippen LogP) is 3.10. The molecule has 0 atom stereocenters. The average Bonchev–Trinajstić information content (AvgIpc) is 3.01. The first-order chi connectivity index (χ1) is 13.9. The number of likely N-dealkylation sites (tertiary alicyclic amines) is 1. The standard InChI is InChI=1S/C23H26N2O4/c1-16(2)29-20-9-5-17(6-10-20)13-14-24-23(28)19-7-3-18(4-8-19)15-25-21(26)11-12-22(25)27/h3-10,16H,11-15H2,1-2H3,(H,24,28). The molecule has 6 nitrogen and oxygen atoms in total. The molecule has 0 aromatic heterocycles. The Balaban J connectivity index is 1.47. The van der Waals surface area contributed by atoms with Gasteiger partial charge in [-0.05, 0) is 55.7 Å². The van der Waals surface area contributed by atoms with E-state index in [1.807, 2.05) is 38.1 Å². The molecule has 1 fully saturated rings. The van der Waals surface area contributed by atoms with Gasteiger partial charge >= 0.3 is 0 Å². The maximum Gasteiger partial charge on any atom is 0.251 e. The van der Waals surface area contributed by atoms with E-state index in [0.29, 0.717) is 12.1 Å². The second-order valence-corrected chi connectivity index (χ2v) is 7.39. The van der Waals surface area contributed by atoms with Gasteiger partial charge in [0.25, 0.3) is 5.91 Å². The zero-order valence-electron chi connectivity index (χ0n) is 16.8. The summed E-state index contributed by atoms with van der Waals surface area (Å²) < 4.78 is 5.62. The minimum Gasteiger partial charge on any atom is -0.491 e. The monoisotopic (exact) mass is 394 g/mol. The lowest BCUT2D eigenvalue weighted by Crippen LogP contribution is -2.28. The van der Waals surface area contributed by atoms with E-state index in [0.717, 1.165) is 23.3 Å². The summed E-state index contributed by atoms with van der Waals surface area (Å²) in [6.07, 6.45) is 1.44. The number of hydrogen-bond donors (Lipinski definition) is 1. The molecule has 2 aromatic rings. The number of rotatable bonds is 8. The van der Waals surface area contributed by atoms with Crippen LogP contribution in [-0.2, 0) is 22.6 Å². The van der Waals surface area contributed by atoms with Gasteiger partial charge in [0, 0.05) is 24.9 Å². The number of benzene rings is 2. The van der Waals surface area contributed by atoms with E-state index in [1.54, 1.807) is 24.3 Å². The Morgan fingerprint density at radius 2 is 1.55 bits per heavy atom. The number of hydrogen-bond acceptors (Lipinski definition) is 4. The number of carbonyl (C=O) groups excluding carboxylic acids is 3. The van der Waals surface area contributed by atoms with E-state index in [-0.39, 0.29) is 43.2 Å². The fourth-order valence-electron chi connectivity index (χ4n) is 3.17. The van der Waals surface area contributed by atoms with Crippen LogP contribution in [0.1, 0.15) is 48.2 Å². The van der Waals surface area contributed by atoms with Crippen molar-refractivity contribution in [2.45, 2.75) is 45.8 Å². The smallest absolute Gasteiger partial charge is 0.251 e. The van der Waals surface area contributed by atoms with Gasteiger partial charge in [-0.15, -0.1) is 0 Å². The Labute approximate surface area is 170 Å². The lowest BCUT2D eigenvalue weighted by atomic mass is 10.1. The van der Waals surface area contributed by atoms with E-state index in [4.69, 9.17) is 4.74 Å². The van der Waals surface area contributed by atoms with Crippen molar-refractivity contribution in [3.63, 3.8) is 0 Å². The molecule has 0 saturated carbocycles. The molecular weight excluding hydrogens is 368 g/mol. The first-order valence-electron chi connectivity index (χ1n) is 9.88. The molecule has 6 heteroatoms. The van der Waals surface area contributed by atoms with Crippen LogP contribution >= 0.6 is 0 Å². The molecule has 29 heavy (non-hydrogen) atoms. The highest BCUT2D eigenvalue weighted by atomic mass is 16.5. The molecule has 2 aromatic carbocycles. The molecule has 1 saturated heterocycles. The van der Waals surface area contributed by atoms with Crippen LogP contribution in [0.5, 0.6) is 5.75 Å². The van der Waals surface area contributed by atoms with Crippen LogP contribution in [0.2, 0.25) is 0 Å². The molecule has 1 N–H and O–H groups in total. The Kier molecular flexibility index (Phi) is 6.65. The molecule has 0 spiro atoms. The molecule has 0 radical (unpaired) electrons. The third-order valence-electron chi connectivity index (χ3n) is 4.71. The minimum absolute atomic E-state index is 0.138. The zero-order chi connectivity index (χ0) is 20.8. The van der Waals surface area contributed by atoms with Gasteiger partial charge in [-0.2, -0.15) is 0 Å². The Morgan fingerprint density at radius 1 is 0.966 bits per heavy atom. The summed E-state index contributed by atoms with van der Waals surface area (Å²) in [5.41, 5.74) is 2.50. The van der Waals surface area contributed by atoms with E-state index in [1.165, 1.54) is 4.90 Å². The summed E-state index contributed by atoms with van der Waals surface area (Å²) >= 11 is 0. The second-order valence-electron chi connectivity index (χ2n) is 7.39. The van der Waals surface area contributed by atoms with Gasteiger partial charge in [-0.3, -0.25) is 19.3 Å². The van der Waals surface area contributed by atoms with Crippen molar-refractivity contribution >= 4 is 17.7 Å². The van der Waals surface area contributed by atoms with Gasteiger partial charge in [0.2, 0.25) is 11.8 Å². The summed E-state index contributed by atoms with van der Waals surface area (Å²) in [4.78, 5) is 37.0. The van der Waals surface area contributed by atoms with Crippen molar-refractivity contribution in [1.29, 1.82) is 0 Å². The van der Waals surface area contributed by atoms with E-state index < -0.39 is 0 Å². The Hall–Kier alpha value is -3.15. The van der Waals surface area contributed by atoms with Crippen molar-refractivity contribution in [1.82, 2.24) is 10.2 Å². The molecule has 1 aliphatic rings. The topological polar surface area (TPSA) is 75.7 Å². The Morgan fingerprint density at radius 3 is 2.14 bits per heavy atom. The molecule has 1 heterocycles. The summed E-state index contributed by atoms with van der Waals surface area (Å²) in [7, 11) is 0.